The number of carbonyl (C=O) groups excluding carboxylic acids is 1. The van der Waals surface area contributed by atoms with Crippen LogP contribution in [0.2, 0.25) is 0 Å². The molecule has 0 radical (unpaired) electrons. The van der Waals surface area contributed by atoms with E-state index in [1.54, 1.807) is 56.5 Å². The van der Waals surface area contributed by atoms with Crippen molar-refractivity contribution < 1.29 is 19.2 Å². The lowest BCUT2D eigenvalue weighted by Crippen LogP contribution is -2.39. The van der Waals surface area contributed by atoms with E-state index < -0.39 is 16.9 Å². The van der Waals surface area contributed by atoms with Gasteiger partial charge in [-0.05, 0) is 36.3 Å². The molecule has 0 aliphatic carbocycles. The molecule has 0 saturated heterocycles. The molecule has 10 heteroatoms. The van der Waals surface area contributed by atoms with Gasteiger partial charge >= 0.3 is 5.97 Å². The lowest BCUT2D eigenvalue weighted by atomic mass is 9.96. The molecular formula is C23H19N3O6S. The molecule has 1 aliphatic rings. The van der Waals surface area contributed by atoms with Crippen LogP contribution in [0.15, 0.2) is 69.6 Å². The lowest BCUT2D eigenvalue weighted by molar-refractivity contribution is -0.384. The van der Waals surface area contributed by atoms with Crippen LogP contribution in [-0.4, -0.2) is 29.7 Å². The van der Waals surface area contributed by atoms with Crippen LogP contribution in [0.4, 0.5) is 5.69 Å². The second-order valence-corrected chi connectivity index (χ2v) is 8.21. The molecule has 0 fully saturated rings. The van der Waals surface area contributed by atoms with E-state index in [0.717, 1.165) is 11.3 Å². The van der Waals surface area contributed by atoms with Gasteiger partial charge in [-0.2, -0.15) is 0 Å². The molecule has 168 valence electrons. The third-order valence-corrected chi connectivity index (χ3v) is 6.22. The number of nitrogens with zero attached hydrogens (tertiary/aromatic N) is 3. The number of hydrogen-bond donors (Lipinski definition) is 0. The van der Waals surface area contributed by atoms with Crippen molar-refractivity contribution in [2.24, 2.45) is 4.99 Å². The van der Waals surface area contributed by atoms with Crippen molar-refractivity contribution in [2.75, 3.05) is 14.2 Å². The topological polar surface area (TPSA) is 113 Å². The summed E-state index contributed by atoms with van der Waals surface area (Å²) >= 11 is 1.15. The van der Waals surface area contributed by atoms with Gasteiger partial charge in [-0.1, -0.05) is 35.6 Å². The van der Waals surface area contributed by atoms with Gasteiger partial charge in [-0.3, -0.25) is 19.5 Å². The van der Waals surface area contributed by atoms with Gasteiger partial charge in [0.25, 0.3) is 11.2 Å². The summed E-state index contributed by atoms with van der Waals surface area (Å²) in [6.45, 7) is 1.69. The van der Waals surface area contributed by atoms with Crippen molar-refractivity contribution in [3.8, 4) is 5.75 Å². The number of allylic oxidation sites excluding steroid dienone is 1. The molecular weight excluding hydrogens is 446 g/mol. The number of rotatable bonds is 5. The van der Waals surface area contributed by atoms with Crippen molar-refractivity contribution in [3.63, 3.8) is 0 Å². The van der Waals surface area contributed by atoms with Gasteiger partial charge in [-0.25, -0.2) is 9.79 Å². The highest BCUT2D eigenvalue weighted by Gasteiger charge is 2.33. The summed E-state index contributed by atoms with van der Waals surface area (Å²) < 4.78 is 12.0. The summed E-state index contributed by atoms with van der Waals surface area (Å²) in [4.78, 5) is 41.6. The van der Waals surface area contributed by atoms with Crippen molar-refractivity contribution in [2.45, 2.75) is 13.0 Å². The van der Waals surface area contributed by atoms with Crippen molar-refractivity contribution >= 4 is 29.1 Å². The molecule has 3 aromatic rings. The van der Waals surface area contributed by atoms with Crippen molar-refractivity contribution in [1.82, 2.24) is 4.57 Å². The second-order valence-electron chi connectivity index (χ2n) is 7.20. The van der Waals surface area contributed by atoms with Gasteiger partial charge < -0.3 is 9.47 Å². The fourth-order valence-electron chi connectivity index (χ4n) is 3.67. The molecule has 0 N–H and O–H groups in total. The summed E-state index contributed by atoms with van der Waals surface area (Å²) in [6.07, 6.45) is 1.58. The standard InChI is InChI=1S/C23H19N3O6S/c1-13-19(22(28)32-3)20(15-7-9-17(31-2)10-8-15)25-21(27)18(33-23(25)24-13)12-14-5-4-6-16(11-14)26(29)30/h4-12,20H,1-3H3/b18-12-/t20-/m1/s1. The number of hydrogen-bond acceptors (Lipinski definition) is 8. The smallest absolute Gasteiger partial charge is 0.338 e. The van der Waals surface area contributed by atoms with Gasteiger partial charge in [0.05, 0.1) is 41.0 Å². The third-order valence-electron chi connectivity index (χ3n) is 5.24. The zero-order valence-corrected chi connectivity index (χ0v) is 18.8. The van der Waals surface area contributed by atoms with Gasteiger partial charge in [-0.15, -0.1) is 0 Å². The number of carbonyl (C=O) groups is 1. The van der Waals surface area contributed by atoms with Crippen LogP contribution in [-0.2, 0) is 9.53 Å². The average molecular weight is 465 g/mol. The number of nitro benzene ring substituents is 1. The summed E-state index contributed by atoms with van der Waals surface area (Å²) in [7, 11) is 2.83. The van der Waals surface area contributed by atoms with Crippen LogP contribution >= 0.6 is 11.3 Å². The molecule has 0 amide bonds. The summed E-state index contributed by atoms with van der Waals surface area (Å²) in [5.74, 6) is 0.0576. The Morgan fingerprint density at radius 1 is 1.21 bits per heavy atom. The van der Waals surface area contributed by atoms with E-state index in [2.05, 4.69) is 4.99 Å². The highest BCUT2D eigenvalue weighted by atomic mass is 32.1. The Bertz CT molecular complexity index is 1470. The fourth-order valence-corrected chi connectivity index (χ4v) is 4.72. The quantitative estimate of drug-likeness (QED) is 0.325. The van der Waals surface area contributed by atoms with Crippen LogP contribution in [0.5, 0.6) is 5.75 Å². The lowest BCUT2D eigenvalue weighted by Gasteiger charge is -2.24. The molecule has 33 heavy (non-hydrogen) atoms. The second kappa shape index (κ2) is 8.83. The first-order chi connectivity index (χ1) is 15.8. The molecule has 1 atom stereocenters. The first-order valence-corrected chi connectivity index (χ1v) is 10.6. The van der Waals surface area contributed by atoms with Crippen LogP contribution in [0, 0.1) is 10.1 Å². The van der Waals surface area contributed by atoms with E-state index in [1.807, 2.05) is 0 Å². The number of thiazole rings is 1. The van der Waals surface area contributed by atoms with Crippen molar-refractivity contribution in [1.29, 1.82) is 0 Å². The van der Waals surface area contributed by atoms with E-state index in [-0.39, 0.29) is 16.8 Å². The Morgan fingerprint density at radius 2 is 1.94 bits per heavy atom. The van der Waals surface area contributed by atoms with Crippen LogP contribution < -0.4 is 19.6 Å². The monoisotopic (exact) mass is 465 g/mol. The summed E-state index contributed by atoms with van der Waals surface area (Å²) in [5, 5.41) is 11.1. The first-order valence-electron chi connectivity index (χ1n) is 9.83. The van der Waals surface area contributed by atoms with Gasteiger partial charge in [0.2, 0.25) is 0 Å². The first kappa shape index (κ1) is 22.2. The Balaban J connectivity index is 1.94. The SMILES string of the molecule is COC(=O)C1=C(C)N=c2s/c(=C\c3cccc([N+](=O)[O-])c3)c(=O)n2[C@@H]1c1ccc(OC)cc1. The fraction of sp³-hybridized carbons (Fsp3) is 0.174. The molecule has 1 aromatic heterocycles. The number of nitro groups is 1. The van der Waals surface area contributed by atoms with E-state index >= 15 is 0 Å². The molecule has 4 rings (SSSR count). The number of ether oxygens (including phenoxy) is 2. The van der Waals surface area contributed by atoms with E-state index in [0.29, 0.717) is 31.9 Å². The minimum Gasteiger partial charge on any atom is -0.497 e. The van der Waals surface area contributed by atoms with Gasteiger partial charge in [0.1, 0.15) is 5.75 Å². The largest absolute Gasteiger partial charge is 0.497 e. The number of methoxy groups -OCH3 is 2. The van der Waals surface area contributed by atoms with E-state index in [4.69, 9.17) is 9.47 Å². The zero-order chi connectivity index (χ0) is 23.7. The predicted molar refractivity (Wildman–Crippen MR) is 122 cm³/mol. The Kier molecular flexibility index (Phi) is 5.93. The molecule has 0 saturated carbocycles. The Hall–Kier alpha value is -4.05. The third kappa shape index (κ3) is 4.08. The molecule has 0 spiro atoms. The van der Waals surface area contributed by atoms with Crippen LogP contribution in [0.25, 0.3) is 6.08 Å². The van der Waals surface area contributed by atoms with Crippen LogP contribution in [0.3, 0.4) is 0 Å². The number of non-ortho nitro benzene ring substituents is 1. The maximum absolute atomic E-state index is 13.5. The minimum absolute atomic E-state index is 0.0727. The van der Waals surface area contributed by atoms with E-state index in [1.165, 1.54) is 23.8 Å². The highest BCUT2D eigenvalue weighted by molar-refractivity contribution is 7.07. The maximum Gasteiger partial charge on any atom is 0.338 e. The van der Waals surface area contributed by atoms with E-state index in [9.17, 15) is 19.7 Å². The van der Waals surface area contributed by atoms with Gasteiger partial charge in [0.15, 0.2) is 4.80 Å². The highest BCUT2D eigenvalue weighted by Crippen LogP contribution is 2.31. The number of benzene rings is 2. The molecule has 9 nitrogen and oxygen atoms in total. The predicted octanol–water partition coefficient (Wildman–Crippen LogP) is 2.33. The maximum atomic E-state index is 13.5. The Labute approximate surface area is 191 Å². The summed E-state index contributed by atoms with van der Waals surface area (Å²) in [6, 6.07) is 12.3. The minimum atomic E-state index is -0.744. The summed E-state index contributed by atoms with van der Waals surface area (Å²) in [5.41, 5.74) is 1.48. The normalized spacial score (nSPS) is 15.6. The zero-order valence-electron chi connectivity index (χ0n) is 18.0. The molecule has 2 aromatic carbocycles. The molecule has 0 bridgehead atoms. The molecule has 2 heterocycles. The molecule has 0 unspecified atom stereocenters. The number of aromatic nitrogens is 1. The molecule has 1 aliphatic heterocycles. The Morgan fingerprint density at radius 3 is 2.58 bits per heavy atom. The number of esters is 1. The average Bonchev–Trinajstić information content (AvgIpc) is 3.12. The van der Waals surface area contributed by atoms with Crippen LogP contribution in [0.1, 0.15) is 24.1 Å². The number of fused-ring (bicyclic) bond motifs is 1. The van der Waals surface area contributed by atoms with Gasteiger partial charge in [0, 0.05) is 12.1 Å². The van der Waals surface area contributed by atoms with Crippen molar-refractivity contribution in [3.05, 3.63) is 101 Å².